The zero-order valence-electron chi connectivity index (χ0n) is 11.4. The van der Waals surface area contributed by atoms with Crippen LogP contribution in [0.1, 0.15) is 5.56 Å². The fraction of sp³-hybridized carbons (Fsp3) is 0.0714. The number of sulfone groups is 1. The second-order valence-corrected chi connectivity index (χ2v) is 7.49. The summed E-state index contributed by atoms with van der Waals surface area (Å²) in [5.41, 5.74) is -0.546. The third-order valence-corrected chi connectivity index (χ3v) is 5.21. The van der Waals surface area contributed by atoms with Crippen LogP contribution in [-0.4, -0.2) is 14.2 Å². The van der Waals surface area contributed by atoms with Gasteiger partial charge in [0.25, 0.3) is 0 Å². The normalized spacial score (nSPS) is 11.4. The van der Waals surface area contributed by atoms with Crippen LogP contribution < -0.4 is 4.74 Å². The number of benzene rings is 2. The maximum Gasteiger partial charge on any atom is 0.341 e. The Kier molecular flexibility index (Phi) is 5.42. The first-order valence-electron chi connectivity index (χ1n) is 6.05. The van der Waals surface area contributed by atoms with E-state index in [1.54, 1.807) is 0 Å². The molecule has 0 aliphatic rings. The molecule has 2 rings (SSSR count). The lowest BCUT2D eigenvalue weighted by atomic mass is 10.2. The van der Waals surface area contributed by atoms with E-state index in [9.17, 15) is 21.6 Å². The highest BCUT2D eigenvalue weighted by atomic mass is 79.9. The van der Waals surface area contributed by atoms with Gasteiger partial charge in [-0.2, -0.15) is 14.0 Å². The Morgan fingerprint density at radius 3 is 2.46 bits per heavy atom. The molecule has 126 valence electrons. The van der Waals surface area contributed by atoms with Crippen LogP contribution in [0.5, 0.6) is 11.5 Å². The number of alkyl halides is 2. The first-order valence-corrected chi connectivity index (χ1v) is 8.77. The summed E-state index contributed by atoms with van der Waals surface area (Å²) in [5.74, 6) is -4.44. The number of nitrogens with zero attached hydrogens (tertiary/aromatic N) is 1. The van der Waals surface area contributed by atoms with Crippen LogP contribution in [0.4, 0.5) is 13.2 Å². The molecule has 10 heteroatoms. The summed E-state index contributed by atoms with van der Waals surface area (Å²) in [6, 6.07) is 6.76. The third-order valence-electron chi connectivity index (χ3n) is 2.79. The average molecular weight is 441 g/mol. The van der Waals surface area contributed by atoms with Gasteiger partial charge in [0, 0.05) is 11.1 Å². The Balaban J connectivity index is 2.54. The Bertz CT molecular complexity index is 925. The summed E-state index contributed by atoms with van der Waals surface area (Å²) in [4.78, 5) is -0.837. The lowest BCUT2D eigenvalue weighted by molar-refractivity contribution is 0.234. The van der Waals surface area contributed by atoms with Crippen LogP contribution in [-0.2, 0) is 9.84 Å². The van der Waals surface area contributed by atoms with Crippen LogP contribution in [0, 0.1) is 17.1 Å². The van der Waals surface area contributed by atoms with E-state index in [2.05, 4.69) is 15.9 Å². The lowest BCUT2D eigenvalue weighted by Gasteiger charge is -2.12. The Morgan fingerprint density at radius 1 is 1.25 bits per heavy atom. The number of rotatable bonds is 4. The maximum atomic E-state index is 13.3. The molecule has 0 atom stereocenters. The molecule has 0 fully saturated rings. The zero-order chi connectivity index (χ0) is 18.1. The molecule has 0 bridgehead atoms. The number of halogens is 5. The molecule has 0 aromatic heterocycles. The number of ether oxygens (including phenoxy) is 1. The van der Waals surface area contributed by atoms with E-state index in [1.807, 2.05) is 0 Å². The van der Waals surface area contributed by atoms with E-state index in [4.69, 9.17) is 21.6 Å². The SMILES string of the molecule is N#Cc1c(S(=O)(=O)C(F)F)ccc(Oc2cc(F)cc(Cl)c2)c1Br. The van der Waals surface area contributed by atoms with E-state index in [-0.39, 0.29) is 21.0 Å². The molecule has 0 N–H and O–H groups in total. The first kappa shape index (κ1) is 18.6. The molecule has 0 saturated carbocycles. The third kappa shape index (κ3) is 3.66. The summed E-state index contributed by atoms with van der Waals surface area (Å²) in [5, 5.41) is 9.15. The van der Waals surface area contributed by atoms with Gasteiger partial charge in [0.05, 0.1) is 14.9 Å². The number of hydrogen-bond acceptors (Lipinski definition) is 4. The van der Waals surface area contributed by atoms with Crippen molar-refractivity contribution in [2.75, 3.05) is 0 Å². The molecule has 0 aliphatic carbocycles. The minimum Gasteiger partial charge on any atom is -0.456 e. The minimum atomic E-state index is -4.97. The summed E-state index contributed by atoms with van der Waals surface area (Å²) in [6.07, 6.45) is 0. The highest BCUT2D eigenvalue weighted by molar-refractivity contribution is 9.10. The van der Waals surface area contributed by atoms with Crippen LogP contribution >= 0.6 is 27.5 Å². The monoisotopic (exact) mass is 439 g/mol. The van der Waals surface area contributed by atoms with Crippen LogP contribution in [0.2, 0.25) is 5.02 Å². The summed E-state index contributed by atoms with van der Waals surface area (Å²) < 4.78 is 67.0. The molecule has 0 radical (unpaired) electrons. The predicted molar refractivity (Wildman–Crippen MR) is 83.5 cm³/mol. The molecule has 0 amide bonds. The lowest BCUT2D eigenvalue weighted by Crippen LogP contribution is -2.13. The van der Waals surface area contributed by atoms with E-state index in [0.29, 0.717) is 0 Å². The van der Waals surface area contributed by atoms with Gasteiger partial charge in [0.1, 0.15) is 23.4 Å². The standard InChI is InChI=1S/C14H6BrClF3NO3S/c15-13-10(6-20)12(24(21,22)14(18)19)2-1-11(13)23-9-4-7(16)3-8(17)5-9/h1-5,14H. The second kappa shape index (κ2) is 7.01. The molecule has 0 aliphatic heterocycles. The van der Waals surface area contributed by atoms with Crippen molar-refractivity contribution in [3.63, 3.8) is 0 Å². The van der Waals surface area contributed by atoms with Gasteiger partial charge in [-0.3, -0.25) is 0 Å². The van der Waals surface area contributed by atoms with Gasteiger partial charge >= 0.3 is 5.76 Å². The van der Waals surface area contributed by atoms with Crippen molar-refractivity contribution in [2.45, 2.75) is 10.7 Å². The van der Waals surface area contributed by atoms with E-state index < -0.39 is 31.9 Å². The number of hydrogen-bond donors (Lipinski definition) is 0. The molecule has 0 saturated heterocycles. The zero-order valence-corrected chi connectivity index (χ0v) is 14.6. The molecule has 0 unspecified atom stereocenters. The topological polar surface area (TPSA) is 67.2 Å². The van der Waals surface area contributed by atoms with Gasteiger partial charge in [0.2, 0.25) is 9.84 Å². The van der Waals surface area contributed by atoms with Crippen molar-refractivity contribution >= 4 is 37.4 Å². The Morgan fingerprint density at radius 2 is 1.92 bits per heavy atom. The van der Waals surface area contributed by atoms with Crippen molar-refractivity contribution < 1.29 is 26.3 Å². The van der Waals surface area contributed by atoms with Crippen molar-refractivity contribution in [2.24, 2.45) is 0 Å². The summed E-state index contributed by atoms with van der Waals surface area (Å²) >= 11 is 8.63. The fourth-order valence-electron chi connectivity index (χ4n) is 1.77. The Hall–Kier alpha value is -1.76. The van der Waals surface area contributed by atoms with Crippen LogP contribution in [0.15, 0.2) is 39.7 Å². The van der Waals surface area contributed by atoms with Gasteiger partial charge in [-0.25, -0.2) is 12.8 Å². The molecular formula is C14H6BrClF3NO3S. The second-order valence-electron chi connectivity index (χ2n) is 4.38. The van der Waals surface area contributed by atoms with Crippen molar-refractivity contribution in [3.8, 4) is 17.6 Å². The Labute approximate surface area is 148 Å². The average Bonchev–Trinajstić information content (AvgIpc) is 2.47. The van der Waals surface area contributed by atoms with Gasteiger partial charge in [-0.15, -0.1) is 0 Å². The molecule has 2 aromatic carbocycles. The summed E-state index contributed by atoms with van der Waals surface area (Å²) in [6.45, 7) is 0. The van der Waals surface area contributed by atoms with Crippen LogP contribution in [0.3, 0.4) is 0 Å². The fourth-order valence-corrected chi connectivity index (χ4v) is 3.51. The molecular weight excluding hydrogens is 435 g/mol. The highest BCUT2D eigenvalue weighted by Crippen LogP contribution is 2.37. The maximum absolute atomic E-state index is 13.3. The van der Waals surface area contributed by atoms with Gasteiger partial charge in [-0.05, 0) is 40.2 Å². The van der Waals surface area contributed by atoms with Crippen LogP contribution in [0.25, 0.3) is 0 Å². The quantitative estimate of drug-likeness (QED) is 0.678. The minimum absolute atomic E-state index is 0.0194. The van der Waals surface area contributed by atoms with E-state index in [1.165, 1.54) is 12.1 Å². The molecule has 2 aromatic rings. The molecule has 24 heavy (non-hydrogen) atoms. The largest absolute Gasteiger partial charge is 0.456 e. The number of nitriles is 1. The molecule has 4 nitrogen and oxygen atoms in total. The van der Waals surface area contributed by atoms with Crippen molar-refractivity contribution in [1.82, 2.24) is 0 Å². The van der Waals surface area contributed by atoms with E-state index in [0.717, 1.165) is 24.3 Å². The van der Waals surface area contributed by atoms with Gasteiger partial charge < -0.3 is 4.74 Å². The predicted octanol–water partition coefficient (Wildman–Crippen LogP) is 4.90. The van der Waals surface area contributed by atoms with E-state index >= 15 is 0 Å². The summed E-state index contributed by atoms with van der Waals surface area (Å²) in [7, 11) is -4.97. The van der Waals surface area contributed by atoms with Gasteiger partial charge in [-0.1, -0.05) is 11.6 Å². The van der Waals surface area contributed by atoms with Crippen molar-refractivity contribution in [3.05, 3.63) is 51.2 Å². The first-order chi connectivity index (χ1) is 11.2. The van der Waals surface area contributed by atoms with Crippen molar-refractivity contribution in [1.29, 1.82) is 5.26 Å². The van der Waals surface area contributed by atoms with Gasteiger partial charge in [0.15, 0.2) is 0 Å². The smallest absolute Gasteiger partial charge is 0.341 e. The molecule has 0 spiro atoms. The highest BCUT2D eigenvalue weighted by Gasteiger charge is 2.31. The molecule has 0 heterocycles.